The van der Waals surface area contributed by atoms with Gasteiger partial charge in [-0.2, -0.15) is 0 Å². The van der Waals surface area contributed by atoms with Crippen molar-refractivity contribution in [2.75, 3.05) is 26.2 Å². The van der Waals surface area contributed by atoms with Crippen molar-refractivity contribution in [1.82, 2.24) is 5.32 Å². The fourth-order valence-electron chi connectivity index (χ4n) is 2.80. The molecule has 1 aliphatic rings. The number of benzene rings is 2. The monoisotopic (exact) mass is 400 g/mol. The normalized spacial score (nSPS) is 15.4. The van der Waals surface area contributed by atoms with E-state index in [1.54, 1.807) is 6.07 Å². The van der Waals surface area contributed by atoms with Crippen molar-refractivity contribution in [2.24, 2.45) is 0 Å². The minimum atomic E-state index is -0.928. The summed E-state index contributed by atoms with van der Waals surface area (Å²) >= 11 is 0. The Kier molecular flexibility index (Phi) is 5.49. The van der Waals surface area contributed by atoms with Crippen LogP contribution in [0.15, 0.2) is 42.0 Å². The second-order valence-electron chi connectivity index (χ2n) is 5.88. The second kappa shape index (κ2) is 8.01. The number of rotatable bonds is 5. The molecule has 0 spiro atoms. The molecular weight excluding hydrogens is 383 g/mol. The number of amides is 4. The Morgan fingerprint density at radius 1 is 0.897 bits per heavy atom. The average Bonchev–Trinajstić information content (AvgIpc) is 2.71. The highest BCUT2D eigenvalue weighted by atomic mass is 19.1. The third-order valence-corrected chi connectivity index (χ3v) is 4.22. The van der Waals surface area contributed by atoms with Crippen LogP contribution in [0.25, 0.3) is 6.08 Å². The van der Waals surface area contributed by atoms with Crippen molar-refractivity contribution in [3.05, 3.63) is 53.4 Å². The summed E-state index contributed by atoms with van der Waals surface area (Å²) in [6, 6.07) is 6.88. The molecule has 0 radical (unpaired) electrons. The molecule has 1 heterocycles. The Balaban J connectivity index is 2.08. The van der Waals surface area contributed by atoms with E-state index in [2.05, 4.69) is 5.32 Å². The summed E-state index contributed by atoms with van der Waals surface area (Å²) in [5.41, 5.74) is 0.170. The van der Waals surface area contributed by atoms with Crippen molar-refractivity contribution < 1.29 is 33.0 Å². The lowest BCUT2D eigenvalue weighted by Gasteiger charge is -2.26. The van der Waals surface area contributed by atoms with E-state index in [0.29, 0.717) is 22.8 Å². The molecule has 29 heavy (non-hydrogen) atoms. The van der Waals surface area contributed by atoms with Gasteiger partial charge in [0.05, 0.1) is 27.0 Å². The summed E-state index contributed by atoms with van der Waals surface area (Å²) in [6.07, 6.45) is 1.28. The lowest BCUT2D eigenvalue weighted by Crippen LogP contribution is -2.54. The molecule has 4 amide bonds. The van der Waals surface area contributed by atoms with E-state index >= 15 is 0 Å². The van der Waals surface area contributed by atoms with E-state index < -0.39 is 23.7 Å². The summed E-state index contributed by atoms with van der Waals surface area (Å²) < 4.78 is 28.9. The quantitative estimate of drug-likeness (QED) is 0.612. The molecule has 0 unspecified atom stereocenters. The molecule has 0 atom stereocenters. The van der Waals surface area contributed by atoms with Crippen LogP contribution in [-0.4, -0.2) is 39.2 Å². The van der Waals surface area contributed by atoms with Crippen LogP contribution in [0, 0.1) is 5.82 Å². The number of hydrogen-bond donors (Lipinski definition) is 1. The molecule has 9 heteroatoms. The first-order chi connectivity index (χ1) is 13.9. The molecule has 1 aliphatic heterocycles. The van der Waals surface area contributed by atoms with Crippen LogP contribution in [0.1, 0.15) is 5.56 Å². The van der Waals surface area contributed by atoms with Crippen molar-refractivity contribution >= 4 is 29.6 Å². The van der Waals surface area contributed by atoms with E-state index in [1.165, 1.54) is 45.6 Å². The molecule has 0 aliphatic carbocycles. The highest BCUT2D eigenvalue weighted by Gasteiger charge is 2.37. The summed E-state index contributed by atoms with van der Waals surface area (Å²) in [6.45, 7) is 0. The van der Waals surface area contributed by atoms with Gasteiger partial charge in [0.15, 0.2) is 11.5 Å². The largest absolute Gasteiger partial charge is 0.496 e. The maximum absolute atomic E-state index is 13.2. The van der Waals surface area contributed by atoms with Gasteiger partial charge in [0, 0.05) is 11.6 Å². The number of carbonyl (C=O) groups is 3. The standard InChI is InChI=1S/C20H17FN2O6/c1-27-15-10-17(29-3)16(28-2)9-11(15)8-14-18(24)22-20(26)23(19(14)25)13-6-4-12(21)5-7-13/h4-10H,1-3H3,(H,22,24,26)/b14-8+. The number of nitrogens with zero attached hydrogens (tertiary/aromatic N) is 1. The van der Waals surface area contributed by atoms with Crippen LogP contribution < -0.4 is 24.4 Å². The zero-order valence-corrected chi connectivity index (χ0v) is 15.8. The first-order valence-corrected chi connectivity index (χ1v) is 8.36. The van der Waals surface area contributed by atoms with Crippen LogP contribution >= 0.6 is 0 Å². The van der Waals surface area contributed by atoms with Gasteiger partial charge < -0.3 is 14.2 Å². The average molecular weight is 400 g/mol. The first-order valence-electron chi connectivity index (χ1n) is 8.36. The van der Waals surface area contributed by atoms with Crippen LogP contribution in [0.5, 0.6) is 17.2 Å². The predicted octanol–water partition coefficient (Wildman–Crippen LogP) is 2.52. The van der Waals surface area contributed by atoms with Crippen LogP contribution in [0.3, 0.4) is 0 Å². The van der Waals surface area contributed by atoms with E-state index in [4.69, 9.17) is 14.2 Å². The molecule has 0 aromatic heterocycles. The van der Waals surface area contributed by atoms with Crippen LogP contribution in [0.4, 0.5) is 14.9 Å². The molecule has 0 bridgehead atoms. The topological polar surface area (TPSA) is 94.2 Å². The third kappa shape index (κ3) is 3.75. The molecule has 1 N–H and O–H groups in total. The van der Waals surface area contributed by atoms with E-state index in [1.807, 2.05) is 0 Å². The highest BCUT2D eigenvalue weighted by molar-refractivity contribution is 6.39. The molecular formula is C20H17FN2O6. The van der Waals surface area contributed by atoms with E-state index in [-0.39, 0.29) is 11.3 Å². The maximum atomic E-state index is 13.2. The Morgan fingerprint density at radius 2 is 1.48 bits per heavy atom. The van der Waals surface area contributed by atoms with Gasteiger partial charge in [-0.3, -0.25) is 14.9 Å². The minimum Gasteiger partial charge on any atom is -0.496 e. The van der Waals surface area contributed by atoms with Crippen molar-refractivity contribution in [3.63, 3.8) is 0 Å². The Morgan fingerprint density at radius 3 is 2.07 bits per heavy atom. The maximum Gasteiger partial charge on any atom is 0.335 e. The molecule has 0 saturated carbocycles. The number of halogens is 1. The molecule has 2 aromatic rings. The number of carbonyl (C=O) groups excluding carboxylic acids is 3. The molecule has 8 nitrogen and oxygen atoms in total. The van der Waals surface area contributed by atoms with Gasteiger partial charge in [-0.05, 0) is 36.4 Å². The summed E-state index contributed by atoms with van der Waals surface area (Å²) in [4.78, 5) is 38.2. The van der Waals surface area contributed by atoms with Gasteiger partial charge in [0.25, 0.3) is 11.8 Å². The Labute approximate surface area is 165 Å². The van der Waals surface area contributed by atoms with Gasteiger partial charge in [0.1, 0.15) is 17.1 Å². The summed E-state index contributed by atoms with van der Waals surface area (Å²) in [5, 5.41) is 2.10. The van der Waals surface area contributed by atoms with E-state index in [9.17, 15) is 18.8 Å². The number of nitrogens with one attached hydrogen (secondary N) is 1. The van der Waals surface area contributed by atoms with Gasteiger partial charge in [-0.25, -0.2) is 14.1 Å². The SMILES string of the molecule is COc1cc(OC)c(OC)cc1/C=C1\C(=O)NC(=O)N(c2ccc(F)cc2)C1=O. The van der Waals surface area contributed by atoms with Crippen LogP contribution in [-0.2, 0) is 9.59 Å². The van der Waals surface area contributed by atoms with Crippen molar-refractivity contribution in [1.29, 1.82) is 0 Å². The number of ether oxygens (including phenoxy) is 3. The molecule has 3 rings (SSSR count). The second-order valence-corrected chi connectivity index (χ2v) is 5.88. The molecule has 1 fully saturated rings. The Bertz CT molecular complexity index is 1020. The third-order valence-electron chi connectivity index (χ3n) is 4.22. The smallest absolute Gasteiger partial charge is 0.335 e. The predicted molar refractivity (Wildman–Crippen MR) is 101 cm³/mol. The zero-order valence-electron chi connectivity index (χ0n) is 15.8. The van der Waals surface area contributed by atoms with Gasteiger partial charge in [-0.1, -0.05) is 0 Å². The van der Waals surface area contributed by atoms with Crippen molar-refractivity contribution in [3.8, 4) is 17.2 Å². The van der Waals surface area contributed by atoms with Gasteiger partial charge >= 0.3 is 6.03 Å². The highest BCUT2D eigenvalue weighted by Crippen LogP contribution is 2.36. The fraction of sp³-hybridized carbons (Fsp3) is 0.150. The number of barbiturate groups is 1. The Hall–Kier alpha value is -3.88. The molecule has 2 aromatic carbocycles. The van der Waals surface area contributed by atoms with Gasteiger partial charge in [-0.15, -0.1) is 0 Å². The van der Waals surface area contributed by atoms with Gasteiger partial charge in [0.2, 0.25) is 0 Å². The number of methoxy groups -OCH3 is 3. The number of urea groups is 1. The molecule has 1 saturated heterocycles. The minimum absolute atomic E-state index is 0.117. The molecule has 150 valence electrons. The number of imide groups is 2. The van der Waals surface area contributed by atoms with E-state index in [0.717, 1.165) is 17.0 Å². The number of anilines is 1. The fourth-order valence-corrected chi connectivity index (χ4v) is 2.80. The lowest BCUT2D eigenvalue weighted by molar-refractivity contribution is -0.122. The zero-order chi connectivity index (χ0) is 21.1. The summed E-state index contributed by atoms with van der Waals surface area (Å²) in [7, 11) is 4.31. The van der Waals surface area contributed by atoms with Crippen molar-refractivity contribution in [2.45, 2.75) is 0 Å². The van der Waals surface area contributed by atoms with Crippen LogP contribution in [0.2, 0.25) is 0 Å². The summed E-state index contributed by atoms with van der Waals surface area (Å²) in [5.74, 6) is -1.18. The lowest BCUT2D eigenvalue weighted by atomic mass is 10.1. The number of hydrogen-bond acceptors (Lipinski definition) is 6. The first kappa shape index (κ1) is 19.9.